The average Bonchev–Trinajstić information content (AvgIpc) is 3.05. The van der Waals surface area contributed by atoms with Gasteiger partial charge >= 0.3 is 5.69 Å². The summed E-state index contributed by atoms with van der Waals surface area (Å²) in [6.07, 6.45) is 0. The van der Waals surface area contributed by atoms with E-state index in [2.05, 4.69) is 15.0 Å². The molecular formula is C15H9Cl3N4O. The van der Waals surface area contributed by atoms with Gasteiger partial charge in [-0.3, -0.25) is 4.57 Å². The number of fused-ring (bicyclic) bond motifs is 2. The molecule has 8 heteroatoms. The third kappa shape index (κ3) is 2.41. The van der Waals surface area contributed by atoms with Crippen molar-refractivity contribution in [3.05, 3.63) is 58.8 Å². The van der Waals surface area contributed by atoms with Crippen LogP contribution in [0.15, 0.2) is 47.3 Å². The fourth-order valence-corrected chi connectivity index (χ4v) is 3.02. The number of halogens is 3. The van der Waals surface area contributed by atoms with Crippen LogP contribution in [0.5, 0.6) is 0 Å². The van der Waals surface area contributed by atoms with Crippen LogP contribution in [-0.4, -0.2) is 19.5 Å². The molecule has 0 saturated carbocycles. The molecule has 4 rings (SSSR count). The summed E-state index contributed by atoms with van der Waals surface area (Å²) in [7, 11) is 0. The van der Waals surface area contributed by atoms with Crippen molar-refractivity contribution < 1.29 is 0 Å². The van der Waals surface area contributed by atoms with Crippen molar-refractivity contribution in [3.8, 4) is 5.69 Å². The van der Waals surface area contributed by atoms with Crippen LogP contribution in [0.3, 0.4) is 0 Å². The maximum absolute atomic E-state index is 11.4. The maximum Gasteiger partial charge on any atom is 0.323 e. The second kappa shape index (κ2) is 5.03. The molecule has 0 spiro atoms. The molecule has 0 saturated heterocycles. The van der Waals surface area contributed by atoms with E-state index < -0.39 is 3.79 Å². The molecule has 116 valence electrons. The second-order valence-corrected chi connectivity index (χ2v) is 7.35. The topological polar surface area (TPSA) is 66.5 Å². The Morgan fingerprint density at radius 2 is 1.74 bits per heavy atom. The van der Waals surface area contributed by atoms with Crippen molar-refractivity contribution >= 4 is 56.9 Å². The van der Waals surface area contributed by atoms with Gasteiger partial charge in [0, 0.05) is 5.69 Å². The number of benzene rings is 2. The Labute approximate surface area is 144 Å². The molecule has 0 aliphatic carbocycles. The van der Waals surface area contributed by atoms with Crippen molar-refractivity contribution in [2.45, 2.75) is 3.79 Å². The first-order valence-electron chi connectivity index (χ1n) is 6.70. The smallest absolute Gasteiger partial charge is 0.306 e. The SMILES string of the molecule is O=c1[nH]c2ccc(-n3c(C(Cl)(Cl)Cl)nc4ccccc43)cc2[nH]1. The summed E-state index contributed by atoms with van der Waals surface area (Å²) in [5, 5.41) is 0. The van der Waals surface area contributed by atoms with Gasteiger partial charge in [-0.2, -0.15) is 0 Å². The summed E-state index contributed by atoms with van der Waals surface area (Å²) in [4.78, 5) is 21.3. The standard InChI is InChI=1S/C15H9Cl3N4O/c16-15(17,18)13-19-10-3-1-2-4-12(10)22(13)8-5-6-9-11(7-8)21-14(23)20-9/h1-7H,(H2,20,21,23). The fraction of sp³-hybridized carbons (Fsp3) is 0.0667. The highest BCUT2D eigenvalue weighted by Gasteiger charge is 2.31. The summed E-state index contributed by atoms with van der Waals surface area (Å²) >= 11 is 18.3. The van der Waals surface area contributed by atoms with Crippen LogP contribution in [0.25, 0.3) is 27.8 Å². The number of hydrogen-bond donors (Lipinski definition) is 2. The molecule has 0 unspecified atom stereocenters. The van der Waals surface area contributed by atoms with Crippen molar-refractivity contribution in [1.82, 2.24) is 19.5 Å². The largest absolute Gasteiger partial charge is 0.323 e. The number of hydrogen-bond acceptors (Lipinski definition) is 2. The Hall–Kier alpha value is -1.95. The highest BCUT2D eigenvalue weighted by molar-refractivity contribution is 6.66. The normalized spacial score (nSPS) is 12.3. The molecule has 0 fully saturated rings. The molecule has 0 bridgehead atoms. The highest BCUT2D eigenvalue weighted by Crippen LogP contribution is 2.40. The molecule has 2 aromatic heterocycles. The number of aromatic amines is 2. The van der Waals surface area contributed by atoms with Gasteiger partial charge in [-0.15, -0.1) is 0 Å². The van der Waals surface area contributed by atoms with Crippen molar-refractivity contribution in [2.75, 3.05) is 0 Å². The first-order chi connectivity index (χ1) is 10.9. The van der Waals surface area contributed by atoms with Crippen molar-refractivity contribution in [3.63, 3.8) is 0 Å². The van der Waals surface area contributed by atoms with Gasteiger partial charge in [0.1, 0.15) is 0 Å². The van der Waals surface area contributed by atoms with Crippen LogP contribution in [0.1, 0.15) is 5.82 Å². The van der Waals surface area contributed by atoms with Gasteiger partial charge in [-0.1, -0.05) is 46.9 Å². The van der Waals surface area contributed by atoms with Gasteiger partial charge in [0.25, 0.3) is 0 Å². The number of rotatable bonds is 1. The lowest BCUT2D eigenvalue weighted by atomic mass is 10.2. The highest BCUT2D eigenvalue weighted by atomic mass is 35.6. The lowest BCUT2D eigenvalue weighted by molar-refractivity contribution is 0.933. The summed E-state index contributed by atoms with van der Waals surface area (Å²) in [6.45, 7) is 0. The first-order valence-corrected chi connectivity index (χ1v) is 7.84. The van der Waals surface area contributed by atoms with Crippen LogP contribution < -0.4 is 5.69 Å². The van der Waals surface area contributed by atoms with Crippen LogP contribution in [0.2, 0.25) is 0 Å². The molecule has 23 heavy (non-hydrogen) atoms. The summed E-state index contributed by atoms with van der Waals surface area (Å²) in [5.74, 6) is 0.293. The maximum atomic E-state index is 11.4. The van der Waals surface area contributed by atoms with E-state index in [9.17, 15) is 4.79 Å². The molecule has 0 aliphatic rings. The number of aromatic nitrogens is 4. The van der Waals surface area contributed by atoms with E-state index >= 15 is 0 Å². The summed E-state index contributed by atoms with van der Waals surface area (Å²) in [6, 6.07) is 12.9. The van der Waals surface area contributed by atoms with E-state index in [1.165, 1.54) is 0 Å². The Kier molecular flexibility index (Phi) is 3.20. The predicted molar refractivity (Wildman–Crippen MR) is 92.8 cm³/mol. The second-order valence-electron chi connectivity index (χ2n) is 5.07. The average molecular weight is 368 g/mol. The molecule has 2 N–H and O–H groups in total. The molecule has 0 atom stereocenters. The minimum atomic E-state index is -1.68. The zero-order valence-electron chi connectivity index (χ0n) is 11.5. The number of nitrogens with zero attached hydrogens (tertiary/aromatic N) is 2. The van der Waals surface area contributed by atoms with E-state index in [0.717, 1.165) is 16.7 Å². The van der Waals surface area contributed by atoms with E-state index in [0.29, 0.717) is 16.9 Å². The molecule has 2 heterocycles. The Morgan fingerprint density at radius 3 is 2.52 bits per heavy atom. The molecule has 2 aromatic carbocycles. The first kappa shape index (κ1) is 14.6. The number of imidazole rings is 2. The minimum Gasteiger partial charge on any atom is -0.306 e. The third-order valence-corrected chi connectivity index (χ3v) is 4.08. The van der Waals surface area contributed by atoms with E-state index in [4.69, 9.17) is 34.8 Å². The molecule has 0 radical (unpaired) electrons. The molecular weight excluding hydrogens is 359 g/mol. The molecule has 0 aliphatic heterocycles. The quantitative estimate of drug-likeness (QED) is 0.499. The van der Waals surface area contributed by atoms with E-state index in [1.54, 1.807) is 16.7 Å². The number of alkyl halides is 3. The van der Waals surface area contributed by atoms with E-state index in [-0.39, 0.29) is 5.69 Å². The monoisotopic (exact) mass is 366 g/mol. The fourth-order valence-electron chi connectivity index (χ4n) is 2.64. The van der Waals surface area contributed by atoms with Gasteiger partial charge in [0.15, 0.2) is 5.82 Å². The predicted octanol–water partition coefficient (Wildman–Crippen LogP) is 4.02. The van der Waals surface area contributed by atoms with Crippen LogP contribution >= 0.6 is 34.8 Å². The van der Waals surface area contributed by atoms with Crippen LogP contribution in [0.4, 0.5) is 0 Å². The molecule has 0 amide bonds. The van der Waals surface area contributed by atoms with Crippen molar-refractivity contribution in [2.24, 2.45) is 0 Å². The number of nitrogens with one attached hydrogen (secondary N) is 2. The number of para-hydroxylation sites is 2. The van der Waals surface area contributed by atoms with Gasteiger partial charge in [0.2, 0.25) is 3.79 Å². The van der Waals surface area contributed by atoms with Gasteiger partial charge in [-0.25, -0.2) is 9.78 Å². The zero-order valence-corrected chi connectivity index (χ0v) is 13.7. The lowest BCUT2D eigenvalue weighted by Gasteiger charge is -2.14. The van der Waals surface area contributed by atoms with E-state index in [1.807, 2.05) is 30.3 Å². The van der Waals surface area contributed by atoms with Gasteiger partial charge in [-0.05, 0) is 30.3 Å². The van der Waals surface area contributed by atoms with Crippen molar-refractivity contribution in [1.29, 1.82) is 0 Å². The van der Waals surface area contributed by atoms with Crippen LogP contribution in [-0.2, 0) is 3.79 Å². The Bertz CT molecular complexity index is 1090. The third-order valence-electron chi connectivity index (χ3n) is 3.57. The summed E-state index contributed by atoms with van der Waals surface area (Å²) < 4.78 is 0.0899. The van der Waals surface area contributed by atoms with Crippen LogP contribution in [0, 0.1) is 0 Å². The summed E-state index contributed by atoms with van der Waals surface area (Å²) in [5.41, 5.74) is 3.37. The Balaban J connectivity index is 2.07. The number of H-pyrrole nitrogens is 2. The zero-order chi connectivity index (χ0) is 16.2. The Morgan fingerprint density at radius 1 is 1.00 bits per heavy atom. The minimum absolute atomic E-state index is 0.269. The molecule has 4 aromatic rings. The lowest BCUT2D eigenvalue weighted by Crippen LogP contribution is -2.10. The van der Waals surface area contributed by atoms with Gasteiger partial charge < -0.3 is 9.97 Å². The molecule has 5 nitrogen and oxygen atoms in total. The van der Waals surface area contributed by atoms with Gasteiger partial charge in [0.05, 0.1) is 22.1 Å².